The van der Waals surface area contributed by atoms with Crippen LogP contribution in [0.5, 0.6) is 0 Å². The molecule has 0 aliphatic heterocycles. The van der Waals surface area contributed by atoms with Crippen LogP contribution in [0.3, 0.4) is 0 Å². The zero-order valence-corrected chi connectivity index (χ0v) is 16.5. The van der Waals surface area contributed by atoms with E-state index in [-0.39, 0.29) is 11.6 Å². The number of hydrogen-bond acceptors (Lipinski definition) is 2. The fourth-order valence-electron chi connectivity index (χ4n) is 3.68. The Hall–Kier alpha value is -2.07. The molecule has 5 heteroatoms. The summed E-state index contributed by atoms with van der Waals surface area (Å²) in [5, 5.41) is 5.63. The summed E-state index contributed by atoms with van der Waals surface area (Å²) >= 11 is 6.13. The molecule has 136 valence electrons. The number of aryl methyl sites for hydroxylation is 2. The monoisotopic (exact) mass is 369 g/mol. The van der Waals surface area contributed by atoms with Gasteiger partial charge in [0.2, 0.25) is 0 Å². The maximum atomic E-state index is 13.5. The minimum absolute atomic E-state index is 0.0789. The van der Waals surface area contributed by atoms with Crippen LogP contribution in [0.15, 0.2) is 29.1 Å². The topological polar surface area (TPSA) is 39.3 Å². The van der Waals surface area contributed by atoms with Gasteiger partial charge in [0.05, 0.1) is 0 Å². The molecule has 1 aromatic carbocycles. The van der Waals surface area contributed by atoms with Gasteiger partial charge in [0.1, 0.15) is 5.52 Å². The molecule has 0 unspecified atom stereocenters. The van der Waals surface area contributed by atoms with Gasteiger partial charge in [-0.15, -0.1) is 5.10 Å². The summed E-state index contributed by atoms with van der Waals surface area (Å²) in [6, 6.07) is 8.14. The van der Waals surface area contributed by atoms with E-state index in [4.69, 9.17) is 16.7 Å². The van der Waals surface area contributed by atoms with Crippen LogP contribution < -0.4 is 5.56 Å². The van der Waals surface area contributed by atoms with Gasteiger partial charge in [-0.25, -0.2) is 4.52 Å². The third-order valence-electron chi connectivity index (χ3n) is 5.51. The van der Waals surface area contributed by atoms with Crippen LogP contribution >= 0.6 is 11.6 Å². The van der Waals surface area contributed by atoms with E-state index in [2.05, 4.69) is 19.9 Å². The normalized spacial score (nSPS) is 15.6. The van der Waals surface area contributed by atoms with E-state index in [9.17, 15) is 4.79 Å². The van der Waals surface area contributed by atoms with Crippen molar-refractivity contribution in [1.29, 1.82) is 0 Å². The highest BCUT2D eigenvalue weighted by molar-refractivity contribution is 6.30. The summed E-state index contributed by atoms with van der Waals surface area (Å²) in [6.07, 6.45) is 3.07. The molecule has 1 atom stereocenters. The molecule has 1 fully saturated rings. The van der Waals surface area contributed by atoms with E-state index in [0.29, 0.717) is 10.9 Å². The van der Waals surface area contributed by atoms with Gasteiger partial charge < -0.3 is 0 Å². The molecule has 2 heterocycles. The predicted octanol–water partition coefficient (Wildman–Crippen LogP) is 5.28. The standard InChI is InChI=1S/C21H24ClN3O/c1-5-12(2)18-11-14(4)25-19(18)21(26)24(16-7-8-16)20(23-25)17-9-6-15(22)10-13(17)3/h6,9-12,16H,5,7-8H2,1-4H3/t12-/m0/s1. The van der Waals surface area contributed by atoms with Crippen molar-refractivity contribution in [3.05, 3.63) is 56.5 Å². The number of benzene rings is 1. The van der Waals surface area contributed by atoms with Crippen molar-refractivity contribution in [1.82, 2.24) is 14.2 Å². The second kappa shape index (κ2) is 6.27. The first-order valence-electron chi connectivity index (χ1n) is 9.33. The van der Waals surface area contributed by atoms with Gasteiger partial charge in [-0.2, -0.15) is 0 Å². The molecule has 4 rings (SSSR count). The smallest absolute Gasteiger partial charge is 0.278 e. The molecule has 1 aliphatic carbocycles. The number of hydrogen-bond donors (Lipinski definition) is 0. The molecular formula is C21H24ClN3O. The SMILES string of the molecule is CC[C@H](C)c1cc(C)n2nc(-c3ccc(Cl)cc3C)n(C3CC3)c(=O)c12. The fraction of sp³-hybridized carbons (Fsp3) is 0.429. The van der Waals surface area contributed by atoms with Gasteiger partial charge in [-0.3, -0.25) is 9.36 Å². The zero-order chi connectivity index (χ0) is 18.6. The highest BCUT2D eigenvalue weighted by Gasteiger charge is 2.31. The molecule has 0 radical (unpaired) electrons. The molecule has 3 aromatic rings. The molecule has 0 amide bonds. The van der Waals surface area contributed by atoms with Gasteiger partial charge in [-0.1, -0.05) is 25.4 Å². The lowest BCUT2D eigenvalue weighted by Crippen LogP contribution is -2.26. The Bertz CT molecular complexity index is 1060. The van der Waals surface area contributed by atoms with Crippen LogP contribution in [0, 0.1) is 13.8 Å². The second-order valence-corrected chi connectivity index (χ2v) is 7.94. The molecule has 26 heavy (non-hydrogen) atoms. The molecule has 1 aliphatic rings. The number of halogens is 1. The largest absolute Gasteiger partial charge is 0.286 e. The van der Waals surface area contributed by atoms with Crippen molar-refractivity contribution in [3.63, 3.8) is 0 Å². The Labute approximate surface area is 158 Å². The summed E-state index contributed by atoms with van der Waals surface area (Å²) < 4.78 is 3.75. The summed E-state index contributed by atoms with van der Waals surface area (Å²) in [7, 11) is 0. The molecule has 4 nitrogen and oxygen atoms in total. The predicted molar refractivity (Wildman–Crippen MR) is 106 cm³/mol. The third-order valence-corrected chi connectivity index (χ3v) is 5.75. The average molecular weight is 370 g/mol. The first-order valence-corrected chi connectivity index (χ1v) is 9.71. The molecule has 0 bridgehead atoms. The summed E-state index contributed by atoms with van der Waals surface area (Å²) in [5.74, 6) is 1.08. The van der Waals surface area contributed by atoms with Gasteiger partial charge >= 0.3 is 0 Å². The molecule has 0 N–H and O–H groups in total. The third kappa shape index (κ3) is 2.67. The lowest BCUT2D eigenvalue weighted by molar-refractivity contribution is 0.668. The Morgan fingerprint density at radius 3 is 2.62 bits per heavy atom. The van der Waals surface area contributed by atoms with E-state index in [1.165, 1.54) is 0 Å². The van der Waals surface area contributed by atoms with E-state index in [0.717, 1.165) is 53.0 Å². The Morgan fingerprint density at radius 1 is 1.27 bits per heavy atom. The van der Waals surface area contributed by atoms with Gasteiger partial charge in [0, 0.05) is 22.3 Å². The van der Waals surface area contributed by atoms with Crippen LogP contribution in [-0.4, -0.2) is 14.2 Å². The lowest BCUT2D eigenvalue weighted by Gasteiger charge is -2.15. The van der Waals surface area contributed by atoms with Gasteiger partial charge in [-0.05, 0) is 74.4 Å². The number of fused-ring (bicyclic) bond motifs is 1. The Balaban J connectivity index is 2.07. The molecule has 0 saturated heterocycles. The Kier molecular flexibility index (Phi) is 4.19. The van der Waals surface area contributed by atoms with Crippen molar-refractivity contribution in [2.75, 3.05) is 0 Å². The zero-order valence-electron chi connectivity index (χ0n) is 15.7. The van der Waals surface area contributed by atoms with Gasteiger partial charge in [0.25, 0.3) is 5.56 Å². The number of nitrogens with zero attached hydrogens (tertiary/aromatic N) is 3. The Morgan fingerprint density at radius 2 is 2.00 bits per heavy atom. The van der Waals surface area contributed by atoms with E-state index in [1.807, 2.05) is 41.1 Å². The molecule has 0 spiro atoms. The number of rotatable bonds is 4. The maximum Gasteiger partial charge on any atom is 0.278 e. The lowest BCUT2D eigenvalue weighted by atomic mass is 10.00. The summed E-state index contributed by atoms with van der Waals surface area (Å²) in [4.78, 5) is 13.5. The minimum Gasteiger partial charge on any atom is -0.286 e. The first-order chi connectivity index (χ1) is 12.4. The minimum atomic E-state index is 0.0789. The van der Waals surface area contributed by atoms with E-state index >= 15 is 0 Å². The van der Waals surface area contributed by atoms with Crippen LogP contribution in [0.4, 0.5) is 0 Å². The van der Waals surface area contributed by atoms with Crippen LogP contribution in [-0.2, 0) is 0 Å². The van der Waals surface area contributed by atoms with Crippen molar-refractivity contribution in [2.24, 2.45) is 0 Å². The summed E-state index contributed by atoms with van der Waals surface area (Å²) in [6.45, 7) is 8.36. The highest BCUT2D eigenvalue weighted by atomic mass is 35.5. The fourth-order valence-corrected chi connectivity index (χ4v) is 3.90. The van der Waals surface area contributed by atoms with E-state index < -0.39 is 0 Å². The first kappa shape index (κ1) is 17.3. The molecule has 1 saturated carbocycles. The quantitative estimate of drug-likeness (QED) is 0.627. The second-order valence-electron chi connectivity index (χ2n) is 7.50. The van der Waals surface area contributed by atoms with Crippen LogP contribution in [0.25, 0.3) is 16.9 Å². The highest BCUT2D eigenvalue weighted by Crippen LogP contribution is 2.38. The average Bonchev–Trinajstić information content (AvgIpc) is 3.38. The summed E-state index contributed by atoms with van der Waals surface area (Å²) in [5.41, 5.74) is 4.93. The molecular weight excluding hydrogens is 346 g/mol. The van der Waals surface area contributed by atoms with Crippen LogP contribution in [0.2, 0.25) is 5.02 Å². The van der Waals surface area contributed by atoms with Crippen molar-refractivity contribution in [2.45, 2.75) is 58.9 Å². The van der Waals surface area contributed by atoms with E-state index in [1.54, 1.807) is 0 Å². The van der Waals surface area contributed by atoms with Crippen molar-refractivity contribution >= 4 is 17.1 Å². The van der Waals surface area contributed by atoms with Crippen molar-refractivity contribution in [3.8, 4) is 11.4 Å². The van der Waals surface area contributed by atoms with Crippen molar-refractivity contribution < 1.29 is 0 Å². The molecule has 2 aromatic heterocycles. The van der Waals surface area contributed by atoms with Crippen LogP contribution in [0.1, 0.15) is 61.9 Å². The maximum absolute atomic E-state index is 13.5. The number of aromatic nitrogens is 3. The van der Waals surface area contributed by atoms with Gasteiger partial charge in [0.15, 0.2) is 5.82 Å².